The van der Waals surface area contributed by atoms with Gasteiger partial charge in [-0.2, -0.15) is 0 Å². The van der Waals surface area contributed by atoms with Crippen molar-refractivity contribution in [3.8, 4) is 17.2 Å². The van der Waals surface area contributed by atoms with Gasteiger partial charge in [0.15, 0.2) is 0 Å². The van der Waals surface area contributed by atoms with E-state index < -0.39 is 5.82 Å². The first-order valence-electron chi connectivity index (χ1n) is 8.81. The summed E-state index contributed by atoms with van der Waals surface area (Å²) in [5.74, 6) is -0.0399. The molecule has 6 heteroatoms. The average molecular weight is 368 g/mol. The fourth-order valence-electron chi connectivity index (χ4n) is 3.22. The number of hydrogen-bond acceptors (Lipinski definition) is 5. The molecule has 1 fully saturated rings. The highest BCUT2D eigenvalue weighted by Gasteiger charge is 2.24. The molecule has 1 aliphatic carbocycles. The molecule has 0 amide bonds. The van der Waals surface area contributed by atoms with Crippen LogP contribution in [0.15, 0.2) is 57.9 Å². The SMILES string of the molecule is O=C(Oc1ccc2c(=O)c(Oc3ccc(F)cc3)coc2c1)C1CCCC1. The summed E-state index contributed by atoms with van der Waals surface area (Å²) < 4.78 is 29.3. The number of fused-ring (bicyclic) bond motifs is 1. The van der Waals surface area contributed by atoms with Crippen molar-refractivity contribution in [1.82, 2.24) is 0 Å². The van der Waals surface area contributed by atoms with Crippen molar-refractivity contribution in [3.05, 3.63) is 64.8 Å². The van der Waals surface area contributed by atoms with E-state index in [1.807, 2.05) is 0 Å². The highest BCUT2D eigenvalue weighted by molar-refractivity contribution is 5.81. The largest absolute Gasteiger partial charge is 0.460 e. The van der Waals surface area contributed by atoms with E-state index in [4.69, 9.17) is 13.9 Å². The second kappa shape index (κ2) is 7.23. The van der Waals surface area contributed by atoms with E-state index in [1.54, 1.807) is 6.07 Å². The van der Waals surface area contributed by atoms with Crippen LogP contribution in [0.2, 0.25) is 0 Å². The molecule has 3 aromatic rings. The van der Waals surface area contributed by atoms with Gasteiger partial charge in [0.05, 0.1) is 11.3 Å². The lowest BCUT2D eigenvalue weighted by Crippen LogP contribution is -2.17. The van der Waals surface area contributed by atoms with Crippen molar-refractivity contribution >= 4 is 16.9 Å². The van der Waals surface area contributed by atoms with Gasteiger partial charge in [-0.25, -0.2) is 4.39 Å². The predicted octanol–water partition coefficient (Wildman–Crippen LogP) is 4.82. The zero-order chi connectivity index (χ0) is 18.8. The molecule has 0 N–H and O–H groups in total. The van der Waals surface area contributed by atoms with E-state index in [-0.39, 0.29) is 23.1 Å². The topological polar surface area (TPSA) is 65.7 Å². The molecule has 1 saturated carbocycles. The summed E-state index contributed by atoms with van der Waals surface area (Å²) in [5.41, 5.74) is -0.0718. The van der Waals surface area contributed by atoms with E-state index in [1.165, 1.54) is 42.7 Å². The van der Waals surface area contributed by atoms with Gasteiger partial charge in [-0.1, -0.05) is 12.8 Å². The number of carbonyl (C=O) groups excluding carboxylic acids is 1. The Kier molecular flexibility index (Phi) is 4.62. The van der Waals surface area contributed by atoms with Gasteiger partial charge < -0.3 is 13.9 Å². The number of benzene rings is 2. The third-order valence-corrected chi connectivity index (χ3v) is 4.66. The van der Waals surface area contributed by atoms with Crippen LogP contribution in [0.25, 0.3) is 11.0 Å². The monoisotopic (exact) mass is 368 g/mol. The summed E-state index contributed by atoms with van der Waals surface area (Å²) in [6.45, 7) is 0. The molecule has 138 valence electrons. The Morgan fingerprint density at radius 3 is 2.48 bits per heavy atom. The second-order valence-electron chi connectivity index (χ2n) is 6.55. The van der Waals surface area contributed by atoms with Crippen LogP contribution in [0.3, 0.4) is 0 Å². The summed E-state index contributed by atoms with van der Waals surface area (Å²) in [7, 11) is 0. The molecule has 27 heavy (non-hydrogen) atoms. The Labute approximate surface area is 154 Å². The summed E-state index contributed by atoms with van der Waals surface area (Å²) in [6, 6.07) is 9.94. The van der Waals surface area contributed by atoms with Crippen molar-refractivity contribution in [2.45, 2.75) is 25.7 Å². The molecule has 5 nitrogen and oxygen atoms in total. The van der Waals surface area contributed by atoms with E-state index in [2.05, 4.69) is 0 Å². The highest BCUT2D eigenvalue weighted by atomic mass is 19.1. The molecule has 0 saturated heterocycles. The first kappa shape index (κ1) is 17.3. The number of ether oxygens (including phenoxy) is 2. The Hall–Kier alpha value is -3.15. The first-order valence-corrected chi connectivity index (χ1v) is 8.81. The van der Waals surface area contributed by atoms with Crippen LogP contribution in [0.1, 0.15) is 25.7 Å². The molecule has 0 bridgehead atoms. The van der Waals surface area contributed by atoms with Crippen LogP contribution in [0.4, 0.5) is 4.39 Å². The number of esters is 1. The third kappa shape index (κ3) is 3.69. The Bertz CT molecular complexity index is 1030. The van der Waals surface area contributed by atoms with Gasteiger partial charge in [0.25, 0.3) is 0 Å². The molecule has 0 radical (unpaired) electrons. The van der Waals surface area contributed by atoms with E-state index in [0.29, 0.717) is 22.5 Å². The van der Waals surface area contributed by atoms with Crippen LogP contribution in [0.5, 0.6) is 17.2 Å². The summed E-state index contributed by atoms with van der Waals surface area (Å²) >= 11 is 0. The fraction of sp³-hybridized carbons (Fsp3) is 0.238. The van der Waals surface area contributed by atoms with Gasteiger partial charge in [-0.05, 0) is 49.2 Å². The molecular formula is C21H17FO5. The molecule has 4 rings (SSSR count). The number of halogens is 1. The lowest BCUT2D eigenvalue weighted by atomic mass is 10.1. The molecule has 1 aliphatic rings. The zero-order valence-corrected chi connectivity index (χ0v) is 14.4. The van der Waals surface area contributed by atoms with Crippen LogP contribution < -0.4 is 14.9 Å². The van der Waals surface area contributed by atoms with Gasteiger partial charge >= 0.3 is 5.97 Å². The minimum Gasteiger partial charge on any atom is -0.460 e. The van der Waals surface area contributed by atoms with Gasteiger partial charge in [-0.15, -0.1) is 0 Å². The maximum atomic E-state index is 13.0. The maximum Gasteiger partial charge on any atom is 0.314 e. The van der Waals surface area contributed by atoms with Crippen molar-refractivity contribution < 1.29 is 23.1 Å². The van der Waals surface area contributed by atoms with Gasteiger partial charge in [-0.3, -0.25) is 9.59 Å². The van der Waals surface area contributed by atoms with Crippen LogP contribution >= 0.6 is 0 Å². The lowest BCUT2D eigenvalue weighted by Gasteiger charge is -2.10. The third-order valence-electron chi connectivity index (χ3n) is 4.66. The number of carbonyl (C=O) groups is 1. The Morgan fingerprint density at radius 1 is 1.04 bits per heavy atom. The summed E-state index contributed by atoms with van der Waals surface area (Å²) in [5, 5.41) is 0.301. The van der Waals surface area contributed by atoms with E-state index >= 15 is 0 Å². The van der Waals surface area contributed by atoms with Crippen molar-refractivity contribution in [3.63, 3.8) is 0 Å². The average Bonchev–Trinajstić information content (AvgIpc) is 3.21. The van der Waals surface area contributed by atoms with E-state index in [9.17, 15) is 14.0 Å². The van der Waals surface area contributed by atoms with E-state index in [0.717, 1.165) is 25.7 Å². The molecule has 0 unspecified atom stereocenters. The molecule has 1 aromatic heterocycles. The molecular weight excluding hydrogens is 351 g/mol. The zero-order valence-electron chi connectivity index (χ0n) is 14.4. The van der Waals surface area contributed by atoms with Gasteiger partial charge in [0.1, 0.15) is 29.2 Å². The first-order chi connectivity index (χ1) is 13.1. The minimum atomic E-state index is -0.396. The number of rotatable bonds is 4. The lowest BCUT2D eigenvalue weighted by molar-refractivity contribution is -0.138. The van der Waals surface area contributed by atoms with Crippen LogP contribution in [-0.2, 0) is 4.79 Å². The van der Waals surface area contributed by atoms with Crippen molar-refractivity contribution in [1.29, 1.82) is 0 Å². The Morgan fingerprint density at radius 2 is 1.74 bits per heavy atom. The van der Waals surface area contributed by atoms with Crippen molar-refractivity contribution in [2.75, 3.05) is 0 Å². The van der Waals surface area contributed by atoms with Crippen molar-refractivity contribution in [2.24, 2.45) is 5.92 Å². The van der Waals surface area contributed by atoms with Gasteiger partial charge in [0.2, 0.25) is 11.2 Å². The predicted molar refractivity (Wildman–Crippen MR) is 96.6 cm³/mol. The standard InChI is InChI=1S/C21H17FO5/c22-14-5-7-15(8-6-14)26-19-12-25-18-11-16(9-10-17(18)20(19)23)27-21(24)13-3-1-2-4-13/h5-13H,1-4H2. The molecule has 1 heterocycles. The molecule has 2 aromatic carbocycles. The second-order valence-corrected chi connectivity index (χ2v) is 6.55. The summed E-state index contributed by atoms with van der Waals surface area (Å²) in [4.78, 5) is 24.7. The Balaban J connectivity index is 1.57. The minimum absolute atomic E-state index is 0.00944. The normalized spacial score (nSPS) is 14.4. The molecule has 0 aliphatic heterocycles. The number of hydrogen-bond donors (Lipinski definition) is 0. The fourth-order valence-corrected chi connectivity index (χ4v) is 3.22. The van der Waals surface area contributed by atoms with Crippen LogP contribution in [-0.4, -0.2) is 5.97 Å². The quantitative estimate of drug-likeness (QED) is 0.488. The maximum absolute atomic E-state index is 13.0. The van der Waals surface area contributed by atoms with Gasteiger partial charge in [0, 0.05) is 6.07 Å². The molecule has 0 spiro atoms. The van der Waals surface area contributed by atoms with Crippen LogP contribution in [0, 0.1) is 11.7 Å². The smallest absolute Gasteiger partial charge is 0.314 e. The summed E-state index contributed by atoms with van der Waals surface area (Å²) in [6.07, 6.45) is 4.99. The molecule has 0 atom stereocenters. The highest BCUT2D eigenvalue weighted by Crippen LogP contribution is 2.28.